The smallest absolute Gasteiger partial charge is 0.142 e. The van der Waals surface area contributed by atoms with Crippen molar-refractivity contribution in [1.29, 1.82) is 5.26 Å². The molecule has 0 spiro atoms. The van der Waals surface area contributed by atoms with Crippen LogP contribution in [0.5, 0.6) is 5.75 Å². The van der Waals surface area contributed by atoms with Gasteiger partial charge in [0.05, 0.1) is 7.11 Å². The van der Waals surface area contributed by atoms with Crippen molar-refractivity contribution < 1.29 is 4.74 Å². The van der Waals surface area contributed by atoms with Crippen molar-refractivity contribution in [2.45, 2.75) is 27.2 Å². The standard InChI is InChI=1S/C18H21N3O/c1-11(2)9-15-12(3)21-18(20)16(10-19)17(15)13-5-7-14(22-4)8-6-13/h5-8,11H,9H2,1-4H3,(H2,20,21). The molecule has 0 unspecified atom stereocenters. The molecule has 1 heterocycles. The molecule has 0 radical (unpaired) electrons. The molecule has 22 heavy (non-hydrogen) atoms. The van der Waals surface area contributed by atoms with Crippen molar-refractivity contribution in [1.82, 2.24) is 4.98 Å². The van der Waals surface area contributed by atoms with Gasteiger partial charge in [-0.1, -0.05) is 26.0 Å². The Balaban J connectivity index is 2.71. The first-order chi connectivity index (χ1) is 10.5. The highest BCUT2D eigenvalue weighted by molar-refractivity contribution is 5.79. The molecule has 0 bridgehead atoms. The molecule has 2 N–H and O–H groups in total. The van der Waals surface area contributed by atoms with Crippen LogP contribution >= 0.6 is 0 Å². The zero-order valence-electron chi connectivity index (χ0n) is 13.5. The number of aryl methyl sites for hydroxylation is 1. The maximum absolute atomic E-state index is 9.52. The Labute approximate surface area is 131 Å². The molecule has 4 nitrogen and oxygen atoms in total. The molecule has 0 aliphatic carbocycles. The summed E-state index contributed by atoms with van der Waals surface area (Å²) in [4.78, 5) is 4.35. The molecule has 0 aliphatic heterocycles. The van der Waals surface area contributed by atoms with Gasteiger partial charge in [-0.3, -0.25) is 0 Å². The third-order valence-corrected chi connectivity index (χ3v) is 3.64. The van der Waals surface area contributed by atoms with Crippen LogP contribution in [-0.4, -0.2) is 12.1 Å². The number of aromatic nitrogens is 1. The predicted octanol–water partition coefficient (Wildman–Crippen LogP) is 3.72. The monoisotopic (exact) mass is 295 g/mol. The fourth-order valence-corrected chi connectivity index (χ4v) is 2.61. The number of ether oxygens (including phenoxy) is 1. The van der Waals surface area contributed by atoms with E-state index in [0.717, 1.165) is 34.6 Å². The minimum atomic E-state index is 0.290. The first-order valence-electron chi connectivity index (χ1n) is 7.31. The maximum atomic E-state index is 9.52. The van der Waals surface area contributed by atoms with Gasteiger partial charge in [0.25, 0.3) is 0 Å². The molecule has 2 rings (SSSR count). The Morgan fingerprint density at radius 3 is 2.41 bits per heavy atom. The quantitative estimate of drug-likeness (QED) is 0.933. The summed E-state index contributed by atoms with van der Waals surface area (Å²) in [5.74, 6) is 1.54. The van der Waals surface area contributed by atoms with Crippen molar-refractivity contribution >= 4 is 5.82 Å². The lowest BCUT2D eigenvalue weighted by molar-refractivity contribution is 0.415. The summed E-state index contributed by atoms with van der Waals surface area (Å²) >= 11 is 0. The highest BCUT2D eigenvalue weighted by atomic mass is 16.5. The van der Waals surface area contributed by atoms with Crippen LogP contribution < -0.4 is 10.5 Å². The normalized spacial score (nSPS) is 10.5. The molecule has 114 valence electrons. The van der Waals surface area contributed by atoms with Crippen molar-refractivity contribution in [3.8, 4) is 22.9 Å². The van der Waals surface area contributed by atoms with E-state index < -0.39 is 0 Å². The predicted molar refractivity (Wildman–Crippen MR) is 88.6 cm³/mol. The highest BCUT2D eigenvalue weighted by Crippen LogP contribution is 2.34. The average Bonchev–Trinajstić information content (AvgIpc) is 2.49. The Bertz CT molecular complexity index is 713. The minimum Gasteiger partial charge on any atom is -0.497 e. The number of hydrogen-bond donors (Lipinski definition) is 1. The van der Waals surface area contributed by atoms with Crippen LogP contribution in [0.25, 0.3) is 11.1 Å². The zero-order chi connectivity index (χ0) is 16.3. The van der Waals surface area contributed by atoms with E-state index >= 15 is 0 Å². The number of nitriles is 1. The molecule has 0 fully saturated rings. The van der Waals surface area contributed by atoms with Crippen LogP contribution in [-0.2, 0) is 6.42 Å². The van der Waals surface area contributed by atoms with Crippen LogP contribution in [0.2, 0.25) is 0 Å². The van der Waals surface area contributed by atoms with Crippen LogP contribution in [0.1, 0.15) is 30.7 Å². The van der Waals surface area contributed by atoms with Crippen LogP contribution in [0.15, 0.2) is 24.3 Å². The molecule has 0 saturated carbocycles. The van der Waals surface area contributed by atoms with E-state index in [1.165, 1.54) is 0 Å². The topological polar surface area (TPSA) is 71.9 Å². The SMILES string of the molecule is COc1ccc(-c2c(C#N)c(N)nc(C)c2CC(C)C)cc1. The molecule has 0 saturated heterocycles. The van der Waals surface area contributed by atoms with Gasteiger partial charge in [-0.15, -0.1) is 0 Å². The number of nitrogens with zero attached hydrogens (tertiary/aromatic N) is 2. The minimum absolute atomic E-state index is 0.290. The Morgan fingerprint density at radius 1 is 1.27 bits per heavy atom. The number of hydrogen-bond acceptors (Lipinski definition) is 4. The number of rotatable bonds is 4. The molecule has 1 aromatic carbocycles. The van der Waals surface area contributed by atoms with Crippen LogP contribution in [0, 0.1) is 24.2 Å². The van der Waals surface area contributed by atoms with Gasteiger partial charge in [0.15, 0.2) is 0 Å². The van der Waals surface area contributed by atoms with Gasteiger partial charge in [-0.25, -0.2) is 4.98 Å². The van der Waals surface area contributed by atoms with Gasteiger partial charge in [-0.05, 0) is 42.5 Å². The summed E-state index contributed by atoms with van der Waals surface area (Å²) in [5, 5.41) is 9.52. The summed E-state index contributed by atoms with van der Waals surface area (Å²) in [6, 6.07) is 9.91. The molecule has 0 aliphatic rings. The molecule has 0 amide bonds. The molecular formula is C18H21N3O. The number of methoxy groups -OCH3 is 1. The second-order valence-electron chi connectivity index (χ2n) is 5.75. The molecule has 2 aromatic rings. The van der Waals surface area contributed by atoms with Crippen molar-refractivity contribution in [2.24, 2.45) is 5.92 Å². The van der Waals surface area contributed by atoms with E-state index in [0.29, 0.717) is 17.3 Å². The first-order valence-corrected chi connectivity index (χ1v) is 7.31. The number of nitrogen functional groups attached to an aromatic ring is 1. The number of anilines is 1. The average molecular weight is 295 g/mol. The molecule has 4 heteroatoms. The van der Waals surface area contributed by atoms with Crippen LogP contribution in [0.3, 0.4) is 0 Å². The first kappa shape index (κ1) is 15.8. The third kappa shape index (κ3) is 3.04. The Kier molecular flexibility index (Phi) is 4.67. The van der Waals surface area contributed by atoms with Gasteiger partial charge < -0.3 is 10.5 Å². The van der Waals surface area contributed by atoms with Crippen LogP contribution in [0.4, 0.5) is 5.82 Å². The number of nitrogens with two attached hydrogens (primary N) is 1. The van der Waals surface area contributed by atoms with Gasteiger partial charge in [0.2, 0.25) is 0 Å². The van der Waals surface area contributed by atoms with E-state index in [9.17, 15) is 5.26 Å². The molecule has 1 aromatic heterocycles. The Morgan fingerprint density at radius 2 is 1.91 bits per heavy atom. The largest absolute Gasteiger partial charge is 0.497 e. The van der Waals surface area contributed by atoms with E-state index in [2.05, 4.69) is 24.9 Å². The summed E-state index contributed by atoms with van der Waals surface area (Å²) in [6.07, 6.45) is 0.856. The summed E-state index contributed by atoms with van der Waals surface area (Å²) in [5.41, 5.74) is 10.2. The fraction of sp³-hybridized carbons (Fsp3) is 0.333. The van der Waals surface area contributed by atoms with Crippen molar-refractivity contribution in [2.75, 3.05) is 12.8 Å². The maximum Gasteiger partial charge on any atom is 0.142 e. The summed E-state index contributed by atoms with van der Waals surface area (Å²) < 4.78 is 5.20. The van der Waals surface area contributed by atoms with Gasteiger partial charge in [0.1, 0.15) is 23.2 Å². The van der Waals surface area contributed by atoms with Gasteiger partial charge >= 0.3 is 0 Å². The van der Waals surface area contributed by atoms with E-state index in [-0.39, 0.29) is 0 Å². The molecular weight excluding hydrogens is 274 g/mol. The van der Waals surface area contributed by atoms with Gasteiger partial charge in [-0.2, -0.15) is 5.26 Å². The number of pyridine rings is 1. The summed E-state index contributed by atoms with van der Waals surface area (Å²) in [6.45, 7) is 6.25. The van der Waals surface area contributed by atoms with Crippen molar-refractivity contribution in [3.05, 3.63) is 41.1 Å². The van der Waals surface area contributed by atoms with E-state index in [4.69, 9.17) is 10.5 Å². The van der Waals surface area contributed by atoms with Crippen molar-refractivity contribution in [3.63, 3.8) is 0 Å². The highest BCUT2D eigenvalue weighted by Gasteiger charge is 2.18. The lowest BCUT2D eigenvalue weighted by Gasteiger charge is -2.17. The van der Waals surface area contributed by atoms with E-state index in [1.807, 2.05) is 31.2 Å². The molecule has 0 atom stereocenters. The second-order valence-corrected chi connectivity index (χ2v) is 5.75. The fourth-order valence-electron chi connectivity index (χ4n) is 2.61. The third-order valence-electron chi connectivity index (χ3n) is 3.64. The second kappa shape index (κ2) is 6.48. The van der Waals surface area contributed by atoms with Gasteiger partial charge in [0, 0.05) is 11.3 Å². The lowest BCUT2D eigenvalue weighted by atomic mass is 9.89. The van der Waals surface area contributed by atoms with E-state index in [1.54, 1.807) is 7.11 Å². The zero-order valence-corrected chi connectivity index (χ0v) is 13.5. The lowest BCUT2D eigenvalue weighted by Crippen LogP contribution is -2.08. The summed E-state index contributed by atoms with van der Waals surface area (Å²) in [7, 11) is 1.63. The number of benzene rings is 1. The Hall–Kier alpha value is -2.54.